The summed E-state index contributed by atoms with van der Waals surface area (Å²) < 4.78 is 0. The van der Waals surface area contributed by atoms with Crippen molar-refractivity contribution in [1.29, 1.82) is 0 Å². The van der Waals surface area contributed by atoms with E-state index in [-0.39, 0.29) is 10.7 Å². The Morgan fingerprint density at radius 1 is 1.31 bits per heavy atom. The Labute approximate surface area is 101 Å². The van der Waals surface area contributed by atoms with E-state index in [2.05, 4.69) is 0 Å². The molecule has 1 aromatic rings. The van der Waals surface area contributed by atoms with Gasteiger partial charge in [-0.25, -0.2) is 0 Å². The van der Waals surface area contributed by atoms with E-state index in [1.54, 1.807) is 0 Å². The summed E-state index contributed by atoms with van der Waals surface area (Å²) in [6.07, 6.45) is 0. The van der Waals surface area contributed by atoms with E-state index in [9.17, 15) is 4.79 Å². The van der Waals surface area contributed by atoms with Gasteiger partial charge in [0, 0.05) is 5.75 Å². The van der Waals surface area contributed by atoms with Crippen LogP contribution in [0.2, 0.25) is 0 Å². The summed E-state index contributed by atoms with van der Waals surface area (Å²) in [5, 5.41) is 8.80. The number of carboxylic acids is 1. The van der Waals surface area contributed by atoms with Gasteiger partial charge in [0.05, 0.1) is 0 Å². The predicted molar refractivity (Wildman–Crippen MR) is 68.6 cm³/mol. The van der Waals surface area contributed by atoms with E-state index >= 15 is 0 Å². The lowest BCUT2D eigenvalue weighted by atomic mass is 9.92. The lowest BCUT2D eigenvalue weighted by Gasteiger charge is -2.26. The van der Waals surface area contributed by atoms with Crippen molar-refractivity contribution in [2.75, 3.05) is 0 Å². The summed E-state index contributed by atoms with van der Waals surface area (Å²) in [4.78, 5) is 11.1. The monoisotopic (exact) mass is 238 g/mol. The Morgan fingerprint density at radius 2 is 1.88 bits per heavy atom. The van der Waals surface area contributed by atoms with Gasteiger partial charge in [-0.2, -0.15) is 0 Å². The number of carboxylic acid groups (broad SMARTS) is 1. The van der Waals surface area contributed by atoms with Gasteiger partial charge in [-0.15, -0.1) is 11.8 Å². The van der Waals surface area contributed by atoms with Crippen LogP contribution in [-0.2, 0) is 10.5 Å². The van der Waals surface area contributed by atoms with E-state index < -0.39 is 5.97 Å². The molecule has 0 aromatic heterocycles. The number of aliphatic carboxylic acids is 1. The van der Waals surface area contributed by atoms with Gasteiger partial charge in [-0.05, 0) is 11.0 Å². The highest BCUT2D eigenvalue weighted by atomic mass is 32.2. The molecule has 0 saturated heterocycles. The van der Waals surface area contributed by atoms with Crippen molar-refractivity contribution in [2.45, 2.75) is 31.8 Å². The molecule has 1 N–H and O–H groups in total. The lowest BCUT2D eigenvalue weighted by molar-refractivity contribution is -0.138. The number of hydrogen-bond acceptors (Lipinski definition) is 2. The van der Waals surface area contributed by atoms with Crippen molar-refractivity contribution in [1.82, 2.24) is 0 Å². The molecule has 0 aliphatic rings. The third-order valence-electron chi connectivity index (χ3n) is 2.27. The van der Waals surface area contributed by atoms with E-state index in [0.29, 0.717) is 0 Å². The fourth-order valence-corrected chi connectivity index (χ4v) is 2.64. The summed E-state index contributed by atoms with van der Waals surface area (Å²) in [5.74, 6) is 0.0168. The third kappa shape index (κ3) is 3.89. The van der Waals surface area contributed by atoms with Crippen LogP contribution in [0.5, 0.6) is 0 Å². The summed E-state index contributed by atoms with van der Waals surface area (Å²) in [6.45, 7) is 5.89. The number of hydrogen-bond donors (Lipinski definition) is 1. The smallest absolute Gasteiger partial charge is 0.317 e. The van der Waals surface area contributed by atoms with Crippen LogP contribution < -0.4 is 0 Å². The zero-order valence-corrected chi connectivity index (χ0v) is 10.8. The lowest BCUT2D eigenvalue weighted by Crippen LogP contribution is -2.31. The Morgan fingerprint density at radius 3 is 2.31 bits per heavy atom. The molecule has 16 heavy (non-hydrogen) atoms. The Bertz CT molecular complexity index is 341. The van der Waals surface area contributed by atoms with Crippen molar-refractivity contribution in [2.24, 2.45) is 5.41 Å². The first-order valence-corrected chi connectivity index (χ1v) is 6.34. The molecule has 0 spiro atoms. The summed E-state index contributed by atoms with van der Waals surface area (Å²) in [7, 11) is 0. The molecule has 2 nitrogen and oxygen atoms in total. The maximum atomic E-state index is 11.1. The highest BCUT2D eigenvalue weighted by Gasteiger charge is 2.31. The zero-order valence-electron chi connectivity index (χ0n) is 9.93. The van der Waals surface area contributed by atoms with Gasteiger partial charge < -0.3 is 5.11 Å². The second kappa shape index (κ2) is 5.39. The number of thioether (sulfide) groups is 1. The Kier molecular flexibility index (Phi) is 4.42. The first kappa shape index (κ1) is 13.1. The quantitative estimate of drug-likeness (QED) is 0.873. The van der Waals surface area contributed by atoms with Crippen LogP contribution >= 0.6 is 11.8 Å². The SMILES string of the molecule is CC(C)(C)C(SCc1ccccc1)C(=O)O. The van der Waals surface area contributed by atoms with E-state index in [1.165, 1.54) is 17.3 Å². The maximum absolute atomic E-state index is 11.1. The molecular weight excluding hydrogens is 220 g/mol. The van der Waals surface area contributed by atoms with Gasteiger partial charge in [0.25, 0.3) is 0 Å². The summed E-state index contributed by atoms with van der Waals surface area (Å²) in [6, 6.07) is 9.96. The van der Waals surface area contributed by atoms with Crippen LogP contribution in [0.3, 0.4) is 0 Å². The van der Waals surface area contributed by atoms with Gasteiger partial charge in [0.15, 0.2) is 0 Å². The molecule has 0 bridgehead atoms. The minimum atomic E-state index is -0.728. The molecule has 3 heteroatoms. The van der Waals surface area contributed by atoms with Crippen LogP contribution in [0.4, 0.5) is 0 Å². The van der Waals surface area contributed by atoms with Gasteiger partial charge >= 0.3 is 5.97 Å². The zero-order chi connectivity index (χ0) is 12.2. The molecule has 1 rings (SSSR count). The fourth-order valence-electron chi connectivity index (χ4n) is 1.45. The van der Waals surface area contributed by atoms with Gasteiger partial charge in [-0.1, -0.05) is 51.1 Å². The molecule has 0 aliphatic heterocycles. The molecule has 0 amide bonds. The normalized spacial score (nSPS) is 13.4. The third-order valence-corrected chi connectivity index (χ3v) is 4.01. The second-order valence-corrected chi connectivity index (χ2v) is 5.97. The largest absolute Gasteiger partial charge is 0.480 e. The van der Waals surface area contributed by atoms with Crippen molar-refractivity contribution in [3.05, 3.63) is 35.9 Å². The summed E-state index contributed by atoms with van der Waals surface area (Å²) in [5.41, 5.74) is 0.952. The molecule has 1 aromatic carbocycles. The number of carbonyl (C=O) groups is 1. The van der Waals surface area contributed by atoms with E-state index in [4.69, 9.17) is 5.11 Å². The Hall–Kier alpha value is -0.960. The van der Waals surface area contributed by atoms with Crippen molar-refractivity contribution >= 4 is 17.7 Å². The molecule has 0 saturated carbocycles. The second-order valence-electron chi connectivity index (χ2n) is 4.88. The molecule has 1 unspecified atom stereocenters. The van der Waals surface area contributed by atoms with E-state index in [1.807, 2.05) is 51.1 Å². The van der Waals surface area contributed by atoms with Crippen LogP contribution in [0.1, 0.15) is 26.3 Å². The molecule has 0 fully saturated rings. The van der Waals surface area contributed by atoms with Crippen LogP contribution in [0, 0.1) is 5.41 Å². The molecule has 0 aliphatic carbocycles. The van der Waals surface area contributed by atoms with Gasteiger partial charge in [0.1, 0.15) is 5.25 Å². The van der Waals surface area contributed by atoms with E-state index in [0.717, 1.165) is 5.75 Å². The fraction of sp³-hybridized carbons (Fsp3) is 0.462. The van der Waals surface area contributed by atoms with Crippen molar-refractivity contribution < 1.29 is 9.90 Å². The number of benzene rings is 1. The number of rotatable bonds is 4. The average Bonchev–Trinajstić information content (AvgIpc) is 2.17. The van der Waals surface area contributed by atoms with Gasteiger partial charge in [-0.3, -0.25) is 4.79 Å². The van der Waals surface area contributed by atoms with Crippen molar-refractivity contribution in [3.8, 4) is 0 Å². The van der Waals surface area contributed by atoms with Crippen LogP contribution in [-0.4, -0.2) is 16.3 Å². The molecule has 0 radical (unpaired) electrons. The predicted octanol–water partition coefficient (Wildman–Crippen LogP) is 3.42. The Balaban J connectivity index is 2.62. The first-order chi connectivity index (χ1) is 7.41. The molecule has 88 valence electrons. The highest BCUT2D eigenvalue weighted by molar-refractivity contribution is 7.99. The standard InChI is InChI=1S/C13H18O2S/c1-13(2,3)11(12(14)15)16-9-10-7-5-4-6-8-10/h4-8,11H,9H2,1-3H3,(H,14,15). The van der Waals surface area contributed by atoms with Crippen LogP contribution in [0.15, 0.2) is 30.3 Å². The molecular formula is C13H18O2S. The highest BCUT2D eigenvalue weighted by Crippen LogP contribution is 2.32. The van der Waals surface area contributed by atoms with Crippen molar-refractivity contribution in [3.63, 3.8) is 0 Å². The minimum Gasteiger partial charge on any atom is -0.480 e. The minimum absolute atomic E-state index is 0.217. The first-order valence-electron chi connectivity index (χ1n) is 5.29. The molecule has 0 heterocycles. The average molecular weight is 238 g/mol. The maximum Gasteiger partial charge on any atom is 0.317 e. The van der Waals surface area contributed by atoms with Crippen LogP contribution in [0.25, 0.3) is 0 Å². The topological polar surface area (TPSA) is 37.3 Å². The molecule has 1 atom stereocenters. The summed E-state index contributed by atoms with van der Waals surface area (Å²) >= 11 is 1.49. The van der Waals surface area contributed by atoms with Gasteiger partial charge in [0.2, 0.25) is 0 Å².